The molecule has 1 heterocycles. The second-order valence-corrected chi connectivity index (χ2v) is 8.06. The van der Waals surface area contributed by atoms with Crippen molar-refractivity contribution < 1.29 is 22.7 Å². The van der Waals surface area contributed by atoms with Crippen molar-refractivity contribution in [3.63, 3.8) is 0 Å². The highest BCUT2D eigenvalue weighted by atomic mass is 32.2. The van der Waals surface area contributed by atoms with Crippen molar-refractivity contribution in [3.05, 3.63) is 0 Å². The van der Waals surface area contributed by atoms with Crippen LogP contribution in [0.2, 0.25) is 0 Å². The predicted octanol–water partition coefficient (Wildman–Crippen LogP) is 0.118. The van der Waals surface area contributed by atoms with Gasteiger partial charge in [0.1, 0.15) is 0 Å². The molecule has 0 aromatic rings. The van der Waals surface area contributed by atoms with E-state index in [1.807, 2.05) is 4.72 Å². The number of morpholine rings is 1. The van der Waals surface area contributed by atoms with E-state index in [4.69, 9.17) is 4.74 Å². The highest BCUT2D eigenvalue weighted by Gasteiger charge is 2.24. The lowest BCUT2D eigenvalue weighted by atomic mass is 10.0. The molecule has 0 spiro atoms. The minimum absolute atomic E-state index is 0.0108. The van der Waals surface area contributed by atoms with Gasteiger partial charge in [-0.3, -0.25) is 14.3 Å². The SMILES string of the molecule is CC(C)(C)CS(=O)(=O)NC(=O)CCC(=O)N1CCOCC1. The van der Waals surface area contributed by atoms with Crippen molar-refractivity contribution in [2.75, 3.05) is 32.1 Å². The van der Waals surface area contributed by atoms with Crippen LogP contribution >= 0.6 is 0 Å². The van der Waals surface area contributed by atoms with Crippen LogP contribution in [-0.4, -0.2) is 57.2 Å². The lowest BCUT2D eigenvalue weighted by Gasteiger charge is -2.26. The van der Waals surface area contributed by atoms with Crippen LogP contribution in [0.4, 0.5) is 0 Å². The molecule has 1 aliphatic heterocycles. The number of carbonyl (C=O) groups excluding carboxylic acids is 2. The van der Waals surface area contributed by atoms with Crippen LogP contribution in [0.3, 0.4) is 0 Å². The zero-order valence-electron chi connectivity index (χ0n) is 12.8. The van der Waals surface area contributed by atoms with Gasteiger partial charge >= 0.3 is 0 Å². The first-order valence-corrected chi connectivity index (χ1v) is 8.63. The van der Waals surface area contributed by atoms with E-state index >= 15 is 0 Å². The van der Waals surface area contributed by atoms with Gasteiger partial charge in [0.05, 0.1) is 19.0 Å². The predicted molar refractivity (Wildman–Crippen MR) is 78.0 cm³/mol. The molecule has 2 amide bonds. The van der Waals surface area contributed by atoms with Gasteiger partial charge in [-0.15, -0.1) is 0 Å². The Morgan fingerprint density at radius 2 is 1.71 bits per heavy atom. The highest BCUT2D eigenvalue weighted by molar-refractivity contribution is 7.90. The summed E-state index contributed by atoms with van der Waals surface area (Å²) in [7, 11) is -3.66. The lowest BCUT2D eigenvalue weighted by molar-refractivity contribution is -0.136. The van der Waals surface area contributed by atoms with Gasteiger partial charge in [-0.2, -0.15) is 0 Å². The molecule has 8 heteroatoms. The third-order valence-electron chi connectivity index (χ3n) is 2.82. The number of hydrogen-bond acceptors (Lipinski definition) is 5. The van der Waals surface area contributed by atoms with E-state index in [9.17, 15) is 18.0 Å². The summed E-state index contributed by atoms with van der Waals surface area (Å²) in [6.45, 7) is 7.36. The smallest absolute Gasteiger partial charge is 0.235 e. The van der Waals surface area contributed by atoms with Gasteiger partial charge in [-0.05, 0) is 5.41 Å². The van der Waals surface area contributed by atoms with Gasteiger partial charge in [0.15, 0.2) is 0 Å². The molecule has 7 nitrogen and oxygen atoms in total. The number of rotatable bonds is 5. The molecule has 21 heavy (non-hydrogen) atoms. The van der Waals surface area contributed by atoms with Crippen molar-refractivity contribution in [1.29, 1.82) is 0 Å². The Bertz CT molecular complexity index is 475. The van der Waals surface area contributed by atoms with E-state index in [1.54, 1.807) is 25.7 Å². The minimum Gasteiger partial charge on any atom is -0.378 e. The van der Waals surface area contributed by atoms with Crippen LogP contribution in [-0.2, 0) is 24.3 Å². The number of nitrogens with zero attached hydrogens (tertiary/aromatic N) is 1. The van der Waals surface area contributed by atoms with Gasteiger partial charge in [0.2, 0.25) is 21.8 Å². The van der Waals surface area contributed by atoms with Crippen molar-refractivity contribution in [3.8, 4) is 0 Å². The topological polar surface area (TPSA) is 92.8 Å². The maximum atomic E-state index is 11.8. The zero-order chi connectivity index (χ0) is 16.1. The molecule has 0 atom stereocenters. The van der Waals surface area contributed by atoms with Gasteiger partial charge < -0.3 is 9.64 Å². The molecule has 0 radical (unpaired) electrons. The van der Waals surface area contributed by atoms with E-state index < -0.39 is 21.3 Å². The fraction of sp³-hybridized carbons (Fsp3) is 0.846. The number of ether oxygens (including phenoxy) is 1. The van der Waals surface area contributed by atoms with Crippen LogP contribution in [0.15, 0.2) is 0 Å². The van der Waals surface area contributed by atoms with E-state index in [1.165, 1.54) is 0 Å². The summed E-state index contributed by atoms with van der Waals surface area (Å²) < 4.78 is 30.7. The molecule has 1 rings (SSSR count). The zero-order valence-corrected chi connectivity index (χ0v) is 13.7. The molecule has 0 unspecified atom stereocenters. The number of sulfonamides is 1. The molecule has 1 N–H and O–H groups in total. The number of hydrogen-bond donors (Lipinski definition) is 1. The Morgan fingerprint density at radius 1 is 1.14 bits per heavy atom. The van der Waals surface area contributed by atoms with E-state index in [-0.39, 0.29) is 24.5 Å². The largest absolute Gasteiger partial charge is 0.378 e. The third kappa shape index (κ3) is 7.42. The second kappa shape index (κ2) is 7.22. The standard InChI is InChI=1S/C13H24N2O5S/c1-13(2,3)10-21(18,19)14-11(16)4-5-12(17)15-6-8-20-9-7-15/h4-10H2,1-3H3,(H,14,16). The van der Waals surface area contributed by atoms with Crippen LogP contribution < -0.4 is 4.72 Å². The molecular weight excluding hydrogens is 296 g/mol. The third-order valence-corrected chi connectivity index (χ3v) is 4.61. The summed E-state index contributed by atoms with van der Waals surface area (Å²) in [6, 6.07) is 0. The Labute approximate surface area is 126 Å². The van der Waals surface area contributed by atoms with Crippen molar-refractivity contribution in [2.45, 2.75) is 33.6 Å². The molecule has 1 fully saturated rings. The summed E-state index contributed by atoms with van der Waals surface area (Å²) in [5.41, 5.74) is -0.435. The number of carbonyl (C=O) groups is 2. The Morgan fingerprint density at radius 3 is 2.24 bits per heavy atom. The summed E-state index contributed by atoms with van der Waals surface area (Å²) in [5.74, 6) is -0.925. The van der Waals surface area contributed by atoms with Gasteiger partial charge in [0.25, 0.3) is 0 Å². The van der Waals surface area contributed by atoms with Crippen LogP contribution in [0.5, 0.6) is 0 Å². The summed E-state index contributed by atoms with van der Waals surface area (Å²) >= 11 is 0. The van der Waals surface area contributed by atoms with Crippen molar-refractivity contribution in [2.24, 2.45) is 5.41 Å². The summed E-state index contributed by atoms with van der Waals surface area (Å²) in [5, 5.41) is 0. The number of nitrogens with one attached hydrogen (secondary N) is 1. The Kier molecular flexibility index (Phi) is 6.15. The molecular formula is C13H24N2O5S. The monoisotopic (exact) mass is 320 g/mol. The first-order valence-electron chi connectivity index (χ1n) is 6.98. The van der Waals surface area contributed by atoms with Crippen molar-refractivity contribution >= 4 is 21.8 Å². The second-order valence-electron chi connectivity index (χ2n) is 6.34. The fourth-order valence-electron chi connectivity index (χ4n) is 2.02. The van der Waals surface area contributed by atoms with Crippen LogP contribution in [0, 0.1) is 5.41 Å². The van der Waals surface area contributed by atoms with E-state index in [0.717, 1.165) is 0 Å². The number of amides is 2. The molecule has 0 aromatic carbocycles. The maximum Gasteiger partial charge on any atom is 0.235 e. The maximum absolute atomic E-state index is 11.8. The summed E-state index contributed by atoms with van der Waals surface area (Å²) in [6.07, 6.45) is -0.115. The molecule has 122 valence electrons. The molecule has 0 saturated carbocycles. The molecule has 0 bridgehead atoms. The average molecular weight is 320 g/mol. The van der Waals surface area contributed by atoms with Gasteiger partial charge in [0, 0.05) is 25.9 Å². The Hall–Kier alpha value is -1.15. The lowest BCUT2D eigenvalue weighted by Crippen LogP contribution is -2.41. The quantitative estimate of drug-likeness (QED) is 0.776. The van der Waals surface area contributed by atoms with Gasteiger partial charge in [-0.25, -0.2) is 8.42 Å². The minimum atomic E-state index is -3.66. The normalized spacial score (nSPS) is 16.6. The average Bonchev–Trinajstić information content (AvgIpc) is 2.33. The Balaban J connectivity index is 2.38. The molecule has 0 aromatic heterocycles. The van der Waals surface area contributed by atoms with Crippen LogP contribution in [0.1, 0.15) is 33.6 Å². The first-order chi connectivity index (χ1) is 9.59. The molecule has 1 saturated heterocycles. The fourth-order valence-corrected chi connectivity index (χ4v) is 3.68. The van der Waals surface area contributed by atoms with Gasteiger partial charge in [-0.1, -0.05) is 20.8 Å². The van der Waals surface area contributed by atoms with Crippen LogP contribution in [0.25, 0.3) is 0 Å². The van der Waals surface area contributed by atoms with E-state index in [2.05, 4.69) is 0 Å². The molecule has 0 aliphatic carbocycles. The highest BCUT2D eigenvalue weighted by Crippen LogP contribution is 2.15. The van der Waals surface area contributed by atoms with E-state index in [0.29, 0.717) is 26.3 Å². The molecule has 1 aliphatic rings. The first kappa shape index (κ1) is 17.9. The van der Waals surface area contributed by atoms with Crippen molar-refractivity contribution in [1.82, 2.24) is 9.62 Å². The summed E-state index contributed by atoms with van der Waals surface area (Å²) in [4.78, 5) is 25.1.